The number of ether oxygens (including phenoxy) is 2. The summed E-state index contributed by atoms with van der Waals surface area (Å²) in [6.07, 6.45) is 17.5. The van der Waals surface area contributed by atoms with Crippen LogP contribution in [0.1, 0.15) is 58.8 Å². The zero-order valence-electron chi connectivity index (χ0n) is 11.9. The van der Waals surface area contributed by atoms with E-state index in [4.69, 9.17) is 9.47 Å². The molecule has 0 saturated carbocycles. The number of allylic oxidation sites excluding steroid dienone is 4. The van der Waals surface area contributed by atoms with Crippen LogP contribution in [0.15, 0.2) is 24.3 Å². The fourth-order valence-electron chi connectivity index (χ4n) is 2.23. The van der Waals surface area contributed by atoms with E-state index in [2.05, 4.69) is 24.3 Å². The van der Waals surface area contributed by atoms with Gasteiger partial charge in [0.05, 0.1) is 6.10 Å². The Hall–Kier alpha value is -0.600. The summed E-state index contributed by atoms with van der Waals surface area (Å²) in [4.78, 5) is 0. The van der Waals surface area contributed by atoms with Gasteiger partial charge in [-0.1, -0.05) is 24.3 Å². The molecule has 0 aromatic heterocycles. The molecule has 0 aliphatic heterocycles. The normalized spacial score (nSPS) is 27.8. The van der Waals surface area contributed by atoms with Gasteiger partial charge in [-0.25, -0.2) is 0 Å². The van der Waals surface area contributed by atoms with Crippen molar-refractivity contribution in [2.24, 2.45) is 0 Å². The maximum absolute atomic E-state index is 5.96. The van der Waals surface area contributed by atoms with Gasteiger partial charge < -0.3 is 9.47 Å². The first-order valence-corrected chi connectivity index (χ1v) is 7.40. The van der Waals surface area contributed by atoms with E-state index in [9.17, 15) is 0 Å². The predicted molar refractivity (Wildman–Crippen MR) is 76.6 cm³/mol. The van der Waals surface area contributed by atoms with Crippen molar-refractivity contribution >= 4 is 0 Å². The van der Waals surface area contributed by atoms with Crippen molar-refractivity contribution < 1.29 is 9.47 Å². The molecule has 1 aliphatic carbocycles. The smallest absolute Gasteiger partial charge is 0.155 e. The van der Waals surface area contributed by atoms with Crippen molar-refractivity contribution in [3.63, 3.8) is 0 Å². The molecule has 0 saturated heterocycles. The Kier molecular flexibility index (Phi) is 8.87. The van der Waals surface area contributed by atoms with Crippen LogP contribution < -0.4 is 0 Å². The van der Waals surface area contributed by atoms with Crippen LogP contribution in [0.25, 0.3) is 0 Å². The van der Waals surface area contributed by atoms with Crippen molar-refractivity contribution in [3.8, 4) is 0 Å². The van der Waals surface area contributed by atoms with E-state index >= 15 is 0 Å². The van der Waals surface area contributed by atoms with Gasteiger partial charge in [-0.15, -0.1) is 0 Å². The molecule has 2 nitrogen and oxygen atoms in total. The van der Waals surface area contributed by atoms with E-state index in [-0.39, 0.29) is 6.29 Å². The Morgan fingerprint density at radius 2 is 1.67 bits per heavy atom. The van der Waals surface area contributed by atoms with Gasteiger partial charge in [0.1, 0.15) is 0 Å². The summed E-state index contributed by atoms with van der Waals surface area (Å²) < 4.78 is 11.4. The monoisotopic (exact) mass is 252 g/mol. The molecular formula is C16H28O2. The molecule has 0 aromatic rings. The number of hydrogen-bond donors (Lipinski definition) is 0. The molecule has 1 aliphatic rings. The second-order valence-corrected chi connectivity index (χ2v) is 4.81. The topological polar surface area (TPSA) is 18.5 Å². The summed E-state index contributed by atoms with van der Waals surface area (Å²) in [5.41, 5.74) is 0. The van der Waals surface area contributed by atoms with Crippen LogP contribution >= 0.6 is 0 Å². The van der Waals surface area contributed by atoms with Crippen molar-refractivity contribution in [2.75, 3.05) is 6.61 Å². The van der Waals surface area contributed by atoms with Gasteiger partial charge in [0.15, 0.2) is 6.29 Å². The SMILES string of the molecule is CCOC(C)OC1CC/C=C\CC/C=C\CCC1. The fourth-order valence-corrected chi connectivity index (χ4v) is 2.23. The van der Waals surface area contributed by atoms with Crippen molar-refractivity contribution in [3.05, 3.63) is 24.3 Å². The standard InChI is InChI=1S/C16H28O2/c1-3-17-15(2)18-16-13-11-9-7-5-4-6-8-10-12-14-16/h5,7-8,10,15-16H,3-4,6,9,11-14H2,1-2H3/b7-5-,10-8-. The quantitative estimate of drug-likeness (QED) is 0.537. The molecule has 0 spiro atoms. The number of rotatable bonds is 4. The van der Waals surface area contributed by atoms with Crippen LogP contribution in [0.2, 0.25) is 0 Å². The van der Waals surface area contributed by atoms with Gasteiger partial charge >= 0.3 is 0 Å². The van der Waals surface area contributed by atoms with Crippen LogP contribution in [0.5, 0.6) is 0 Å². The lowest BCUT2D eigenvalue weighted by Crippen LogP contribution is -2.22. The Bertz CT molecular complexity index is 245. The van der Waals surface area contributed by atoms with Crippen LogP contribution in [0.3, 0.4) is 0 Å². The molecule has 1 rings (SSSR count). The van der Waals surface area contributed by atoms with Gasteiger partial charge in [-0.2, -0.15) is 0 Å². The number of hydrogen-bond acceptors (Lipinski definition) is 2. The maximum Gasteiger partial charge on any atom is 0.155 e. The van der Waals surface area contributed by atoms with E-state index in [0.29, 0.717) is 6.10 Å². The average Bonchev–Trinajstić information content (AvgIpc) is 2.33. The van der Waals surface area contributed by atoms with Crippen molar-refractivity contribution in [1.82, 2.24) is 0 Å². The van der Waals surface area contributed by atoms with E-state index < -0.39 is 0 Å². The largest absolute Gasteiger partial charge is 0.353 e. The van der Waals surface area contributed by atoms with E-state index in [1.54, 1.807) is 0 Å². The average molecular weight is 252 g/mol. The highest BCUT2D eigenvalue weighted by Crippen LogP contribution is 2.15. The Morgan fingerprint density at radius 3 is 2.39 bits per heavy atom. The van der Waals surface area contributed by atoms with E-state index in [1.807, 2.05) is 13.8 Å². The molecule has 2 atom stereocenters. The lowest BCUT2D eigenvalue weighted by Gasteiger charge is -2.22. The van der Waals surface area contributed by atoms with Crippen LogP contribution in [0.4, 0.5) is 0 Å². The summed E-state index contributed by atoms with van der Waals surface area (Å²) in [5, 5.41) is 0. The summed E-state index contributed by atoms with van der Waals surface area (Å²) in [6, 6.07) is 0. The third kappa shape index (κ3) is 7.67. The first-order valence-electron chi connectivity index (χ1n) is 7.40. The lowest BCUT2D eigenvalue weighted by molar-refractivity contribution is -0.160. The Morgan fingerprint density at radius 1 is 1.00 bits per heavy atom. The molecule has 0 fully saturated rings. The van der Waals surface area contributed by atoms with Gasteiger partial charge in [0, 0.05) is 6.61 Å². The minimum Gasteiger partial charge on any atom is -0.353 e. The molecule has 0 aromatic carbocycles. The van der Waals surface area contributed by atoms with Crippen LogP contribution in [-0.2, 0) is 9.47 Å². The molecule has 18 heavy (non-hydrogen) atoms. The second-order valence-electron chi connectivity index (χ2n) is 4.81. The third-order valence-corrected chi connectivity index (χ3v) is 3.17. The summed E-state index contributed by atoms with van der Waals surface area (Å²) in [7, 11) is 0. The van der Waals surface area contributed by atoms with E-state index in [1.165, 1.54) is 19.3 Å². The zero-order valence-corrected chi connectivity index (χ0v) is 11.9. The summed E-state index contributed by atoms with van der Waals surface area (Å²) in [6.45, 7) is 4.72. The Balaban J connectivity index is 2.37. The van der Waals surface area contributed by atoms with Gasteiger partial charge in [0.2, 0.25) is 0 Å². The molecule has 0 N–H and O–H groups in total. The molecule has 2 heteroatoms. The molecule has 0 heterocycles. The maximum atomic E-state index is 5.96. The fraction of sp³-hybridized carbons (Fsp3) is 0.750. The molecular weight excluding hydrogens is 224 g/mol. The summed E-state index contributed by atoms with van der Waals surface area (Å²) in [5.74, 6) is 0. The highest BCUT2D eigenvalue weighted by Gasteiger charge is 2.12. The highest BCUT2D eigenvalue weighted by atomic mass is 16.7. The van der Waals surface area contributed by atoms with Gasteiger partial charge in [-0.3, -0.25) is 0 Å². The van der Waals surface area contributed by atoms with Crippen LogP contribution in [0, 0.1) is 0 Å². The van der Waals surface area contributed by atoms with Crippen molar-refractivity contribution in [1.29, 1.82) is 0 Å². The predicted octanol–water partition coefficient (Wildman–Crippen LogP) is 4.61. The molecule has 0 bridgehead atoms. The molecule has 104 valence electrons. The summed E-state index contributed by atoms with van der Waals surface area (Å²) >= 11 is 0. The lowest BCUT2D eigenvalue weighted by atomic mass is 10.1. The second kappa shape index (κ2) is 10.3. The first kappa shape index (κ1) is 15.5. The third-order valence-electron chi connectivity index (χ3n) is 3.17. The minimum atomic E-state index is -0.0765. The molecule has 0 radical (unpaired) electrons. The van der Waals surface area contributed by atoms with Gasteiger partial charge in [0.25, 0.3) is 0 Å². The van der Waals surface area contributed by atoms with Gasteiger partial charge in [-0.05, 0) is 58.8 Å². The highest BCUT2D eigenvalue weighted by molar-refractivity contribution is 4.89. The first-order chi connectivity index (χ1) is 8.83. The van der Waals surface area contributed by atoms with E-state index in [0.717, 1.165) is 32.3 Å². The Labute approximate surface area is 112 Å². The zero-order chi connectivity index (χ0) is 13.1. The minimum absolute atomic E-state index is 0.0765. The van der Waals surface area contributed by atoms with Crippen molar-refractivity contribution in [2.45, 2.75) is 71.2 Å². The molecule has 2 unspecified atom stereocenters. The molecule has 0 amide bonds. The van der Waals surface area contributed by atoms with Crippen LogP contribution in [-0.4, -0.2) is 19.0 Å².